The summed E-state index contributed by atoms with van der Waals surface area (Å²) in [4.78, 5) is 0. The van der Waals surface area contributed by atoms with Crippen LogP contribution >= 0.6 is 0 Å². The van der Waals surface area contributed by atoms with Crippen LogP contribution in [-0.2, 0) is 11.3 Å². The van der Waals surface area contributed by atoms with Crippen molar-refractivity contribution in [2.75, 3.05) is 0 Å². The lowest BCUT2D eigenvalue weighted by Crippen LogP contribution is -2.06. The molecule has 82 valence electrons. The number of aliphatic hydroxyl groups excluding tert-OH is 1. The summed E-state index contributed by atoms with van der Waals surface area (Å²) in [6.45, 7) is 3.79. The van der Waals surface area contributed by atoms with Crippen molar-refractivity contribution < 1.29 is 14.4 Å². The molecule has 1 aromatic heterocycles. The van der Waals surface area contributed by atoms with E-state index in [0.717, 1.165) is 12.8 Å². The van der Waals surface area contributed by atoms with Gasteiger partial charge in [0.25, 0.3) is 0 Å². The van der Waals surface area contributed by atoms with Crippen LogP contribution in [0, 0.1) is 0 Å². The van der Waals surface area contributed by atoms with E-state index in [4.69, 9.17) is 14.4 Å². The summed E-state index contributed by atoms with van der Waals surface area (Å²) in [6, 6.07) is 1.65. The Hall–Kier alpha value is -1.29. The van der Waals surface area contributed by atoms with E-state index in [-0.39, 0.29) is 5.76 Å². The van der Waals surface area contributed by atoms with Crippen LogP contribution in [0.4, 0.5) is 0 Å². The maximum atomic E-state index is 9.06. The van der Waals surface area contributed by atoms with Gasteiger partial charge in [-0.3, -0.25) is 0 Å². The first-order chi connectivity index (χ1) is 7.25. The van der Waals surface area contributed by atoms with Gasteiger partial charge in [-0.05, 0) is 12.8 Å². The Balaban J connectivity index is 1.84. The molecule has 4 nitrogen and oxygen atoms in total. The van der Waals surface area contributed by atoms with Gasteiger partial charge >= 0.3 is 0 Å². The van der Waals surface area contributed by atoms with E-state index in [2.05, 4.69) is 11.7 Å². The highest BCUT2D eigenvalue weighted by Crippen LogP contribution is 2.22. The Morgan fingerprint density at radius 3 is 2.93 bits per heavy atom. The van der Waals surface area contributed by atoms with E-state index in [1.807, 2.05) is 0 Å². The molecule has 1 N–H and O–H groups in total. The average Bonchev–Trinajstić information content (AvgIpc) is 2.86. The highest BCUT2D eigenvalue weighted by molar-refractivity contribution is 5.50. The molecular formula is C11H15NO3. The third-order valence-corrected chi connectivity index (χ3v) is 2.62. The molecule has 1 aromatic rings. The lowest BCUT2D eigenvalue weighted by molar-refractivity contribution is 0.0330. The fourth-order valence-electron chi connectivity index (χ4n) is 1.77. The van der Waals surface area contributed by atoms with Gasteiger partial charge in [-0.1, -0.05) is 24.6 Å². The number of hydrogen-bond acceptors (Lipinski definition) is 4. The molecule has 2 rings (SSSR count). The largest absolute Gasteiger partial charge is 0.506 e. The molecule has 0 atom stereocenters. The molecule has 15 heavy (non-hydrogen) atoms. The zero-order valence-electron chi connectivity index (χ0n) is 8.61. The van der Waals surface area contributed by atoms with Gasteiger partial charge in [-0.2, -0.15) is 0 Å². The van der Waals surface area contributed by atoms with E-state index < -0.39 is 0 Å². The molecule has 0 saturated heterocycles. The smallest absolute Gasteiger partial charge is 0.163 e. The van der Waals surface area contributed by atoms with Crippen molar-refractivity contribution in [1.82, 2.24) is 5.16 Å². The van der Waals surface area contributed by atoms with E-state index in [1.165, 1.54) is 12.8 Å². The molecule has 0 aromatic carbocycles. The lowest BCUT2D eigenvalue weighted by Gasteiger charge is -2.08. The number of nitrogens with zero attached hydrogens (tertiary/aromatic N) is 1. The van der Waals surface area contributed by atoms with E-state index in [9.17, 15) is 0 Å². The van der Waals surface area contributed by atoms with Crippen LogP contribution in [-0.4, -0.2) is 16.4 Å². The van der Waals surface area contributed by atoms with E-state index in [0.29, 0.717) is 24.2 Å². The topological polar surface area (TPSA) is 55.5 Å². The van der Waals surface area contributed by atoms with Gasteiger partial charge in [0.1, 0.15) is 18.1 Å². The van der Waals surface area contributed by atoms with Gasteiger partial charge in [-0.15, -0.1) is 0 Å². The van der Waals surface area contributed by atoms with Crippen molar-refractivity contribution in [3.63, 3.8) is 0 Å². The highest BCUT2D eigenvalue weighted by atomic mass is 16.5. The molecule has 4 heteroatoms. The predicted octanol–water partition coefficient (Wildman–Crippen LogP) is 2.66. The van der Waals surface area contributed by atoms with Crippen LogP contribution in [0.5, 0.6) is 0 Å². The maximum absolute atomic E-state index is 9.06. The summed E-state index contributed by atoms with van der Waals surface area (Å²) in [5.41, 5.74) is 0.375. The Bertz CT molecular complexity index is 339. The normalized spacial score (nSPS) is 17.1. The quantitative estimate of drug-likeness (QED) is 0.774. The van der Waals surface area contributed by atoms with Gasteiger partial charge in [-0.25, -0.2) is 0 Å². The van der Waals surface area contributed by atoms with Crippen molar-refractivity contribution in [2.45, 2.75) is 38.4 Å². The Morgan fingerprint density at radius 2 is 2.33 bits per heavy atom. The molecule has 1 aliphatic rings. The van der Waals surface area contributed by atoms with Gasteiger partial charge in [0.05, 0.1) is 6.10 Å². The average molecular weight is 209 g/mol. The van der Waals surface area contributed by atoms with Crippen molar-refractivity contribution in [2.24, 2.45) is 0 Å². The number of aliphatic hydroxyl groups is 1. The van der Waals surface area contributed by atoms with Crippen LogP contribution < -0.4 is 0 Å². The molecule has 0 amide bonds. The van der Waals surface area contributed by atoms with Crippen LogP contribution in [0.15, 0.2) is 17.2 Å². The van der Waals surface area contributed by atoms with Crippen molar-refractivity contribution >= 4 is 5.76 Å². The minimum atomic E-state index is -0.0779. The number of aromatic nitrogens is 1. The molecular weight excluding hydrogens is 194 g/mol. The van der Waals surface area contributed by atoms with E-state index in [1.54, 1.807) is 6.07 Å². The molecule has 1 saturated carbocycles. The van der Waals surface area contributed by atoms with Crippen LogP contribution in [0.3, 0.4) is 0 Å². The minimum absolute atomic E-state index is 0.0779. The van der Waals surface area contributed by atoms with Crippen molar-refractivity contribution in [3.8, 4) is 0 Å². The Morgan fingerprint density at radius 1 is 1.60 bits per heavy atom. The summed E-state index contributed by atoms with van der Waals surface area (Å²) in [6.07, 6.45) is 5.12. The first kappa shape index (κ1) is 10.2. The third-order valence-electron chi connectivity index (χ3n) is 2.62. The molecule has 0 spiro atoms. The SMILES string of the molecule is C=C(O)c1cc(COC2CCCC2)on1. The minimum Gasteiger partial charge on any atom is -0.506 e. The first-order valence-electron chi connectivity index (χ1n) is 5.21. The number of rotatable bonds is 4. The van der Waals surface area contributed by atoms with Gasteiger partial charge < -0.3 is 14.4 Å². The first-order valence-corrected chi connectivity index (χ1v) is 5.21. The zero-order valence-corrected chi connectivity index (χ0v) is 8.61. The Kier molecular flexibility index (Phi) is 3.06. The second kappa shape index (κ2) is 4.49. The predicted molar refractivity (Wildman–Crippen MR) is 55.2 cm³/mol. The van der Waals surface area contributed by atoms with Crippen molar-refractivity contribution in [3.05, 3.63) is 24.1 Å². The molecule has 1 aliphatic carbocycles. The second-order valence-corrected chi connectivity index (χ2v) is 3.84. The molecule has 1 heterocycles. The molecule has 0 unspecified atom stereocenters. The summed E-state index contributed by atoms with van der Waals surface area (Å²) in [7, 11) is 0. The fraction of sp³-hybridized carbons (Fsp3) is 0.545. The van der Waals surface area contributed by atoms with Gasteiger partial charge in [0.2, 0.25) is 0 Å². The fourth-order valence-corrected chi connectivity index (χ4v) is 1.77. The monoisotopic (exact) mass is 209 g/mol. The maximum Gasteiger partial charge on any atom is 0.163 e. The van der Waals surface area contributed by atoms with Crippen LogP contribution in [0.25, 0.3) is 5.76 Å². The molecule has 0 radical (unpaired) electrons. The van der Waals surface area contributed by atoms with Crippen LogP contribution in [0.1, 0.15) is 37.1 Å². The summed E-state index contributed by atoms with van der Waals surface area (Å²) in [5.74, 6) is 0.554. The number of hydrogen-bond donors (Lipinski definition) is 1. The van der Waals surface area contributed by atoms with E-state index >= 15 is 0 Å². The third kappa shape index (κ3) is 2.59. The van der Waals surface area contributed by atoms with Gasteiger partial charge in [0.15, 0.2) is 5.76 Å². The Labute approximate surface area is 88.5 Å². The summed E-state index contributed by atoms with van der Waals surface area (Å²) < 4.78 is 10.6. The molecule has 0 aliphatic heterocycles. The summed E-state index contributed by atoms with van der Waals surface area (Å²) >= 11 is 0. The van der Waals surface area contributed by atoms with Crippen molar-refractivity contribution in [1.29, 1.82) is 0 Å². The van der Waals surface area contributed by atoms with Gasteiger partial charge in [0, 0.05) is 6.07 Å². The highest BCUT2D eigenvalue weighted by Gasteiger charge is 2.16. The second-order valence-electron chi connectivity index (χ2n) is 3.84. The van der Waals surface area contributed by atoms with Crippen LogP contribution in [0.2, 0.25) is 0 Å². The standard InChI is InChI=1S/C11H15NO3/c1-8(13)11-6-10(15-12-11)7-14-9-4-2-3-5-9/h6,9,13H,1-5,7H2. The zero-order chi connectivity index (χ0) is 10.7. The lowest BCUT2D eigenvalue weighted by atomic mass is 10.3. The molecule has 0 bridgehead atoms. The number of ether oxygens (including phenoxy) is 1. The summed E-state index contributed by atoms with van der Waals surface area (Å²) in [5, 5.41) is 12.7. The molecule has 1 fully saturated rings.